The summed E-state index contributed by atoms with van der Waals surface area (Å²) in [5.41, 5.74) is 0.910. The predicted octanol–water partition coefficient (Wildman–Crippen LogP) is 2.12. The van der Waals surface area contributed by atoms with E-state index in [4.69, 9.17) is 23.5 Å². The normalized spacial score (nSPS) is 12.7. The molecule has 2 aromatic rings. The summed E-state index contributed by atoms with van der Waals surface area (Å²) < 4.78 is 85.3. The maximum Gasteiger partial charge on any atom is 0.268 e. The van der Waals surface area contributed by atoms with Crippen molar-refractivity contribution < 1.29 is 50.0 Å². The van der Waals surface area contributed by atoms with Crippen LogP contribution in [-0.2, 0) is 33.1 Å². The van der Waals surface area contributed by atoms with E-state index in [2.05, 4.69) is 0 Å². The van der Waals surface area contributed by atoms with Crippen molar-refractivity contribution in [3.63, 3.8) is 0 Å². The zero-order chi connectivity index (χ0) is 25.5. The molecule has 0 saturated heterocycles. The Hall–Kier alpha value is -2.74. The number of phenolic OH excluding ortho intramolecular Hbond substituents is 1. The minimum absolute atomic E-state index is 0.0929. The van der Waals surface area contributed by atoms with Crippen molar-refractivity contribution in [1.82, 2.24) is 0 Å². The van der Waals surface area contributed by atoms with Crippen LogP contribution in [0.25, 0.3) is 0 Å². The number of hydrogen-bond acceptors (Lipinski definition) is 9. The monoisotopic (exact) mass is 520 g/mol. The summed E-state index contributed by atoms with van der Waals surface area (Å²) in [4.78, 5) is 0. The van der Waals surface area contributed by atoms with E-state index in [-0.39, 0.29) is 48.0 Å². The summed E-state index contributed by atoms with van der Waals surface area (Å²) in [7, 11) is -4.47. The molecule has 3 N–H and O–H groups in total. The fourth-order valence-corrected chi connectivity index (χ4v) is 4.59. The van der Waals surface area contributed by atoms with Crippen molar-refractivity contribution in [3.05, 3.63) is 41.5 Å². The molecule has 0 radical (unpaired) electrons. The van der Waals surface area contributed by atoms with Crippen molar-refractivity contribution in [2.24, 2.45) is 0 Å². The van der Waals surface area contributed by atoms with Crippen LogP contribution >= 0.6 is 0 Å². The Morgan fingerprint density at radius 3 is 2.06 bits per heavy atom. The van der Waals surface area contributed by atoms with Gasteiger partial charge in [0.1, 0.15) is 11.9 Å². The zero-order valence-corrected chi connectivity index (χ0v) is 20.6. The highest BCUT2D eigenvalue weighted by atomic mass is 32.2. The third kappa shape index (κ3) is 7.94. The number of phenols is 1. The third-order valence-corrected chi connectivity index (χ3v) is 6.45. The standard InChI is InChI=1S/C21H28O11S2/c1-29-17-8-4-6-15(19(17)22)12-16(13-34(26,27)28)32-18-10-9-14(7-5-11-33(23,24)25)20(30-2)21(18)31-3/h4,6,8-10,16,22H,5,7,11-13H2,1-3H3,(H,23,24,25)(H,26,27,28). The highest BCUT2D eigenvalue weighted by Crippen LogP contribution is 2.41. The molecule has 34 heavy (non-hydrogen) atoms. The van der Waals surface area contributed by atoms with Gasteiger partial charge in [-0.3, -0.25) is 9.11 Å². The predicted molar refractivity (Wildman–Crippen MR) is 123 cm³/mol. The molecule has 0 aliphatic rings. The topological polar surface area (TPSA) is 166 Å². The Bertz CT molecular complexity index is 1190. The Morgan fingerprint density at radius 1 is 0.824 bits per heavy atom. The second-order valence-electron chi connectivity index (χ2n) is 7.34. The average molecular weight is 521 g/mol. The van der Waals surface area contributed by atoms with Crippen LogP contribution in [0.15, 0.2) is 30.3 Å². The number of para-hydroxylation sites is 1. The highest BCUT2D eigenvalue weighted by molar-refractivity contribution is 7.86. The summed E-state index contributed by atoms with van der Waals surface area (Å²) >= 11 is 0. The molecular formula is C21H28O11S2. The van der Waals surface area contributed by atoms with Crippen LogP contribution in [0.2, 0.25) is 0 Å². The summed E-state index contributed by atoms with van der Waals surface area (Å²) in [6.07, 6.45) is -0.855. The lowest BCUT2D eigenvalue weighted by molar-refractivity contribution is 0.207. The number of aromatic hydroxyl groups is 1. The summed E-state index contributed by atoms with van der Waals surface area (Å²) in [6.45, 7) is 0. The van der Waals surface area contributed by atoms with E-state index < -0.39 is 37.8 Å². The zero-order valence-electron chi connectivity index (χ0n) is 18.9. The van der Waals surface area contributed by atoms with E-state index in [1.165, 1.54) is 33.5 Å². The second-order valence-corrected chi connectivity index (χ2v) is 10.4. The first-order valence-corrected chi connectivity index (χ1v) is 13.3. The van der Waals surface area contributed by atoms with Gasteiger partial charge in [-0.2, -0.15) is 16.8 Å². The Labute approximate surface area is 198 Å². The molecule has 13 heteroatoms. The number of ether oxygens (including phenoxy) is 4. The van der Waals surface area contributed by atoms with Crippen LogP contribution in [0.4, 0.5) is 0 Å². The van der Waals surface area contributed by atoms with Crippen LogP contribution in [0, 0.1) is 0 Å². The summed E-state index contributed by atoms with van der Waals surface area (Å²) in [5.74, 6) is -0.729. The van der Waals surface area contributed by atoms with Crippen LogP contribution in [0.5, 0.6) is 28.7 Å². The van der Waals surface area contributed by atoms with Gasteiger partial charge >= 0.3 is 0 Å². The molecule has 0 spiro atoms. The first-order valence-electron chi connectivity index (χ1n) is 10.0. The SMILES string of the molecule is COc1cccc(CC(CS(=O)(=O)O)Oc2ccc(CCCS(=O)(=O)O)c(OC)c2OC)c1O. The molecular weight excluding hydrogens is 492 g/mol. The van der Waals surface area contributed by atoms with Crippen molar-refractivity contribution >= 4 is 20.2 Å². The summed E-state index contributed by atoms with van der Waals surface area (Å²) in [6, 6.07) is 7.80. The Morgan fingerprint density at radius 2 is 1.50 bits per heavy atom. The van der Waals surface area contributed by atoms with Crippen LogP contribution < -0.4 is 18.9 Å². The van der Waals surface area contributed by atoms with Crippen LogP contribution in [-0.4, -0.2) is 70.0 Å². The molecule has 0 fully saturated rings. The number of aryl methyl sites for hydroxylation is 1. The maximum absolute atomic E-state index is 11.6. The Balaban J connectivity index is 2.38. The molecule has 2 rings (SSSR count). The van der Waals surface area contributed by atoms with Gasteiger partial charge in [-0.05, 0) is 30.5 Å². The van der Waals surface area contributed by atoms with E-state index in [1.54, 1.807) is 18.2 Å². The molecule has 0 aliphatic heterocycles. The fourth-order valence-electron chi connectivity index (χ4n) is 3.43. The van der Waals surface area contributed by atoms with Gasteiger partial charge in [-0.15, -0.1) is 0 Å². The molecule has 11 nitrogen and oxygen atoms in total. The van der Waals surface area contributed by atoms with E-state index in [0.717, 1.165) is 0 Å². The average Bonchev–Trinajstić information content (AvgIpc) is 2.73. The van der Waals surface area contributed by atoms with Gasteiger partial charge in [0.05, 0.1) is 27.1 Å². The first-order chi connectivity index (χ1) is 15.9. The molecule has 1 unspecified atom stereocenters. The lowest BCUT2D eigenvalue weighted by Gasteiger charge is -2.22. The highest BCUT2D eigenvalue weighted by Gasteiger charge is 2.25. The molecule has 0 bridgehead atoms. The second kappa shape index (κ2) is 11.6. The van der Waals surface area contributed by atoms with Crippen molar-refractivity contribution in [2.45, 2.75) is 25.4 Å². The summed E-state index contributed by atoms with van der Waals surface area (Å²) in [5, 5.41) is 10.4. The van der Waals surface area contributed by atoms with Crippen molar-refractivity contribution in [2.75, 3.05) is 32.8 Å². The van der Waals surface area contributed by atoms with E-state index in [1.807, 2.05) is 0 Å². The lowest BCUT2D eigenvalue weighted by atomic mass is 10.1. The van der Waals surface area contributed by atoms with Gasteiger partial charge in [-0.25, -0.2) is 0 Å². The van der Waals surface area contributed by atoms with Gasteiger partial charge in [0.15, 0.2) is 23.0 Å². The van der Waals surface area contributed by atoms with Crippen LogP contribution in [0.1, 0.15) is 17.5 Å². The maximum atomic E-state index is 11.6. The van der Waals surface area contributed by atoms with Gasteiger partial charge in [0, 0.05) is 12.0 Å². The smallest absolute Gasteiger partial charge is 0.268 e. The largest absolute Gasteiger partial charge is 0.504 e. The molecule has 1 atom stereocenters. The fraction of sp³-hybridized carbons (Fsp3) is 0.429. The van der Waals surface area contributed by atoms with E-state index >= 15 is 0 Å². The molecule has 2 aromatic carbocycles. The lowest BCUT2D eigenvalue weighted by Crippen LogP contribution is -2.29. The van der Waals surface area contributed by atoms with Gasteiger partial charge in [0.25, 0.3) is 20.2 Å². The minimum atomic E-state index is -4.45. The first kappa shape index (κ1) is 27.5. The van der Waals surface area contributed by atoms with E-state index in [9.17, 15) is 26.5 Å². The van der Waals surface area contributed by atoms with Gasteiger partial charge in [-0.1, -0.05) is 18.2 Å². The van der Waals surface area contributed by atoms with Crippen LogP contribution in [0.3, 0.4) is 0 Å². The van der Waals surface area contributed by atoms with Gasteiger partial charge in [0.2, 0.25) is 5.75 Å². The number of hydrogen-bond donors (Lipinski definition) is 3. The van der Waals surface area contributed by atoms with E-state index in [0.29, 0.717) is 11.1 Å². The minimum Gasteiger partial charge on any atom is -0.504 e. The molecule has 190 valence electrons. The van der Waals surface area contributed by atoms with Crippen molar-refractivity contribution in [1.29, 1.82) is 0 Å². The third-order valence-electron chi connectivity index (χ3n) is 4.85. The van der Waals surface area contributed by atoms with Gasteiger partial charge < -0.3 is 24.1 Å². The molecule has 0 amide bonds. The number of methoxy groups -OCH3 is 3. The number of rotatable bonds is 13. The number of benzene rings is 2. The molecule has 0 aliphatic carbocycles. The van der Waals surface area contributed by atoms with Crippen molar-refractivity contribution in [3.8, 4) is 28.7 Å². The molecule has 0 aromatic heterocycles. The molecule has 0 saturated carbocycles. The Kier molecular flexibility index (Phi) is 9.38. The quantitative estimate of drug-likeness (QED) is 0.331. The molecule has 0 heterocycles.